The Morgan fingerprint density at radius 1 is 1.19 bits per heavy atom. The van der Waals surface area contributed by atoms with Crippen molar-refractivity contribution in [3.8, 4) is 0 Å². The normalized spacial score (nSPS) is 12.7. The number of nitrogens with two attached hydrogens (primary N) is 2. The van der Waals surface area contributed by atoms with Crippen molar-refractivity contribution < 1.29 is 17.6 Å². The third-order valence-electron chi connectivity index (χ3n) is 3.96. The number of hydrogen-bond donors (Lipinski definition) is 2. The molecule has 27 heavy (non-hydrogen) atoms. The molecular weight excluding hydrogens is 411 g/mol. The highest BCUT2D eigenvalue weighted by molar-refractivity contribution is 5.85. The molecule has 1 atom stereocenters. The first-order valence-corrected chi connectivity index (χ1v) is 7.61. The quantitative estimate of drug-likeness (QED) is 0.621. The molecule has 0 aliphatic heterocycles. The second-order valence-corrected chi connectivity index (χ2v) is 5.76. The number of hydrogen-bond acceptors (Lipinski definition) is 5. The molecule has 0 radical (unpaired) electrons. The van der Waals surface area contributed by atoms with Crippen LogP contribution in [0.3, 0.4) is 0 Å². The Hall–Kier alpha value is -1.75. The number of aryl methyl sites for hydroxylation is 1. The number of halogens is 6. The second kappa shape index (κ2) is 8.51. The lowest BCUT2D eigenvalue weighted by Gasteiger charge is -2.16. The molecule has 150 valence electrons. The average Bonchev–Trinajstić information content (AvgIpc) is 2.92. The van der Waals surface area contributed by atoms with Gasteiger partial charge in [-0.15, -0.1) is 35.0 Å². The van der Waals surface area contributed by atoms with Gasteiger partial charge in [0.25, 0.3) is 0 Å². The Labute approximate surface area is 164 Å². The van der Waals surface area contributed by atoms with Crippen LogP contribution in [0.4, 0.5) is 17.6 Å². The predicted molar refractivity (Wildman–Crippen MR) is 97.7 cm³/mol. The molecule has 3 aromatic rings. The van der Waals surface area contributed by atoms with Crippen LogP contribution in [-0.4, -0.2) is 26.1 Å². The van der Waals surface area contributed by atoms with Gasteiger partial charge in [0.15, 0.2) is 5.65 Å². The van der Waals surface area contributed by atoms with E-state index in [0.29, 0.717) is 31.3 Å². The van der Waals surface area contributed by atoms with Crippen molar-refractivity contribution in [3.05, 3.63) is 35.0 Å². The number of nitrogens with zero attached hydrogens (tertiary/aromatic N) is 4. The van der Waals surface area contributed by atoms with Crippen molar-refractivity contribution in [2.45, 2.75) is 32.0 Å². The topological polar surface area (TPSA) is 95.1 Å². The molecule has 4 N–H and O–H groups in total. The summed E-state index contributed by atoms with van der Waals surface area (Å²) < 4.78 is 55.2. The summed E-state index contributed by atoms with van der Waals surface area (Å²) >= 11 is 0. The zero-order valence-electron chi connectivity index (χ0n) is 14.1. The van der Waals surface area contributed by atoms with Crippen LogP contribution >= 0.6 is 24.8 Å². The molecule has 0 saturated heterocycles. The van der Waals surface area contributed by atoms with E-state index in [4.69, 9.17) is 11.5 Å². The predicted octanol–water partition coefficient (Wildman–Crippen LogP) is 3.33. The maximum atomic E-state index is 13.8. The van der Waals surface area contributed by atoms with Crippen molar-refractivity contribution in [2.24, 2.45) is 11.5 Å². The van der Waals surface area contributed by atoms with Gasteiger partial charge in [0.1, 0.15) is 22.9 Å². The monoisotopic (exact) mass is 428 g/mol. The van der Waals surface area contributed by atoms with Gasteiger partial charge in [-0.2, -0.15) is 13.2 Å². The fourth-order valence-corrected chi connectivity index (χ4v) is 2.80. The number of alkyl halides is 3. The fraction of sp³-hybridized carbons (Fsp3) is 0.400. The summed E-state index contributed by atoms with van der Waals surface area (Å²) in [6.07, 6.45) is -3.75. The van der Waals surface area contributed by atoms with Gasteiger partial charge < -0.3 is 11.5 Å². The first kappa shape index (κ1) is 23.3. The molecule has 0 aliphatic rings. The summed E-state index contributed by atoms with van der Waals surface area (Å²) in [5.74, 6) is -0.704. The Morgan fingerprint density at radius 2 is 1.85 bits per heavy atom. The van der Waals surface area contributed by atoms with Crippen molar-refractivity contribution >= 4 is 41.5 Å². The van der Waals surface area contributed by atoms with Gasteiger partial charge in [0.2, 0.25) is 0 Å². The van der Waals surface area contributed by atoms with Gasteiger partial charge >= 0.3 is 6.18 Å². The Morgan fingerprint density at radius 3 is 2.44 bits per heavy atom. The smallest absolute Gasteiger partial charge is 0.330 e. The standard InChI is InChI=1S/C15H16F4N6.2ClH/c1-7-23-24-14-13(10(21)3-2-4-20)22-12-9(15(17,18)19)5-8(16)6-11(12)25(7)14;;/h5-6,10H,2-4,20-21H2,1H3;2*1H. The summed E-state index contributed by atoms with van der Waals surface area (Å²) in [6.45, 7) is 1.95. The molecule has 0 bridgehead atoms. The summed E-state index contributed by atoms with van der Waals surface area (Å²) in [6, 6.07) is 0.747. The minimum Gasteiger partial charge on any atom is -0.330 e. The van der Waals surface area contributed by atoms with E-state index in [2.05, 4.69) is 15.2 Å². The molecule has 2 aromatic heterocycles. The Balaban J connectivity index is 0.00000182. The largest absolute Gasteiger partial charge is 0.418 e. The first-order valence-electron chi connectivity index (χ1n) is 7.61. The minimum atomic E-state index is -4.76. The summed E-state index contributed by atoms with van der Waals surface area (Å²) in [5.41, 5.74) is 10.3. The Kier molecular flexibility index (Phi) is 7.34. The van der Waals surface area contributed by atoms with E-state index >= 15 is 0 Å². The van der Waals surface area contributed by atoms with Gasteiger partial charge in [0, 0.05) is 6.07 Å². The molecule has 0 saturated carbocycles. The van der Waals surface area contributed by atoms with Gasteiger partial charge in [-0.25, -0.2) is 9.37 Å². The molecule has 1 aromatic carbocycles. The molecule has 2 heterocycles. The SMILES string of the molecule is Cc1nnc2c(C(N)CCCN)nc3c(C(F)(F)F)cc(F)cc3n12.Cl.Cl. The van der Waals surface area contributed by atoms with E-state index in [1.165, 1.54) is 4.40 Å². The van der Waals surface area contributed by atoms with Crippen molar-refractivity contribution in [1.82, 2.24) is 19.6 Å². The second-order valence-electron chi connectivity index (χ2n) is 5.76. The highest BCUT2D eigenvalue weighted by Crippen LogP contribution is 2.36. The van der Waals surface area contributed by atoms with Crippen LogP contribution in [0.15, 0.2) is 12.1 Å². The maximum Gasteiger partial charge on any atom is 0.418 e. The van der Waals surface area contributed by atoms with Crippen LogP contribution < -0.4 is 11.5 Å². The van der Waals surface area contributed by atoms with Gasteiger partial charge in [-0.05, 0) is 32.4 Å². The molecule has 12 heteroatoms. The van der Waals surface area contributed by atoms with Crippen LogP contribution in [0.1, 0.15) is 36.0 Å². The molecule has 6 nitrogen and oxygen atoms in total. The van der Waals surface area contributed by atoms with Crippen LogP contribution in [-0.2, 0) is 6.18 Å². The summed E-state index contributed by atoms with van der Waals surface area (Å²) in [4.78, 5) is 4.10. The maximum absolute atomic E-state index is 13.8. The lowest BCUT2D eigenvalue weighted by Crippen LogP contribution is -2.17. The number of aromatic nitrogens is 4. The third kappa shape index (κ3) is 4.23. The van der Waals surface area contributed by atoms with Crippen LogP contribution in [0, 0.1) is 12.7 Å². The van der Waals surface area contributed by atoms with Crippen LogP contribution in [0.5, 0.6) is 0 Å². The molecule has 0 spiro atoms. The van der Waals surface area contributed by atoms with Gasteiger partial charge in [-0.1, -0.05) is 0 Å². The number of benzene rings is 1. The summed E-state index contributed by atoms with van der Waals surface area (Å²) in [7, 11) is 0. The van der Waals surface area contributed by atoms with Gasteiger partial charge in [-0.3, -0.25) is 4.40 Å². The van der Waals surface area contributed by atoms with Gasteiger partial charge in [0.05, 0.1) is 17.1 Å². The van der Waals surface area contributed by atoms with Crippen molar-refractivity contribution in [2.75, 3.05) is 6.54 Å². The van der Waals surface area contributed by atoms with Crippen molar-refractivity contribution in [3.63, 3.8) is 0 Å². The lowest BCUT2D eigenvalue weighted by molar-refractivity contribution is -0.136. The zero-order chi connectivity index (χ0) is 18.4. The molecule has 3 rings (SSSR count). The van der Waals surface area contributed by atoms with E-state index in [1.807, 2.05) is 0 Å². The van der Waals surface area contributed by atoms with E-state index < -0.39 is 23.6 Å². The minimum absolute atomic E-state index is 0. The fourth-order valence-electron chi connectivity index (χ4n) is 2.80. The number of rotatable bonds is 4. The molecule has 0 amide bonds. The van der Waals surface area contributed by atoms with Crippen LogP contribution in [0.25, 0.3) is 16.7 Å². The van der Waals surface area contributed by atoms with E-state index in [9.17, 15) is 17.6 Å². The number of fused-ring (bicyclic) bond motifs is 3. The first-order chi connectivity index (χ1) is 11.7. The highest BCUT2D eigenvalue weighted by atomic mass is 35.5. The third-order valence-corrected chi connectivity index (χ3v) is 3.96. The Bertz CT molecular complexity index is 944. The molecule has 0 fully saturated rings. The van der Waals surface area contributed by atoms with E-state index in [1.54, 1.807) is 6.92 Å². The molecular formula is C15H18Cl2F4N6. The lowest BCUT2D eigenvalue weighted by atomic mass is 10.1. The highest BCUT2D eigenvalue weighted by Gasteiger charge is 2.35. The average molecular weight is 429 g/mol. The molecule has 0 aliphatic carbocycles. The van der Waals surface area contributed by atoms with Crippen molar-refractivity contribution in [1.29, 1.82) is 0 Å². The summed E-state index contributed by atoms with van der Waals surface area (Å²) in [5, 5.41) is 7.83. The molecule has 1 unspecified atom stereocenters. The van der Waals surface area contributed by atoms with Crippen LogP contribution in [0.2, 0.25) is 0 Å². The van der Waals surface area contributed by atoms with E-state index in [-0.39, 0.29) is 47.2 Å². The van der Waals surface area contributed by atoms with E-state index in [0.717, 1.165) is 6.07 Å². The zero-order valence-corrected chi connectivity index (χ0v) is 15.8.